The molecule has 0 fully saturated rings. The van der Waals surface area contributed by atoms with Gasteiger partial charge in [0.2, 0.25) is 5.88 Å². The molecule has 0 bridgehead atoms. The van der Waals surface area contributed by atoms with Gasteiger partial charge in [0.15, 0.2) is 0 Å². The number of rotatable bonds is 4. The molecule has 1 heterocycles. The molecule has 1 aliphatic heterocycles. The first kappa shape index (κ1) is 17.2. The van der Waals surface area contributed by atoms with E-state index in [-0.39, 0.29) is 11.8 Å². The summed E-state index contributed by atoms with van der Waals surface area (Å²) in [5.74, 6) is 0.601. The standard InChI is InChI=1S/C20H20ClN3O/c1-3-24(4-2)15-9-10-16-18(11-15)25-20(23)17(12-22)19(16)13-5-7-14(21)8-6-13/h5-11,19H,3-4,23H2,1-2H3. The summed E-state index contributed by atoms with van der Waals surface area (Å²) in [5.41, 5.74) is 9.44. The Balaban J connectivity index is 2.12. The zero-order valence-electron chi connectivity index (χ0n) is 14.3. The quantitative estimate of drug-likeness (QED) is 0.884. The maximum atomic E-state index is 9.59. The first-order chi connectivity index (χ1) is 12.1. The normalized spacial score (nSPS) is 16.0. The van der Waals surface area contributed by atoms with Crippen molar-refractivity contribution >= 4 is 17.3 Å². The Morgan fingerprint density at radius 3 is 2.44 bits per heavy atom. The van der Waals surface area contributed by atoms with Crippen LogP contribution in [0.15, 0.2) is 53.9 Å². The lowest BCUT2D eigenvalue weighted by molar-refractivity contribution is 0.393. The predicted molar refractivity (Wildman–Crippen MR) is 101 cm³/mol. The molecule has 1 atom stereocenters. The molecule has 0 aromatic heterocycles. The van der Waals surface area contributed by atoms with Gasteiger partial charge in [0.1, 0.15) is 17.4 Å². The second-order valence-electron chi connectivity index (χ2n) is 5.87. The summed E-state index contributed by atoms with van der Waals surface area (Å²) in [5, 5.41) is 10.2. The largest absolute Gasteiger partial charge is 0.440 e. The van der Waals surface area contributed by atoms with Gasteiger partial charge in [-0.05, 0) is 37.6 Å². The lowest BCUT2D eigenvalue weighted by atomic mass is 9.83. The third-order valence-electron chi connectivity index (χ3n) is 4.53. The first-order valence-corrected chi connectivity index (χ1v) is 8.68. The number of benzene rings is 2. The van der Waals surface area contributed by atoms with E-state index in [9.17, 15) is 5.26 Å². The van der Waals surface area contributed by atoms with E-state index in [0.29, 0.717) is 16.3 Å². The van der Waals surface area contributed by atoms with Crippen LogP contribution in [0.25, 0.3) is 0 Å². The van der Waals surface area contributed by atoms with E-state index in [1.807, 2.05) is 36.4 Å². The summed E-state index contributed by atoms with van der Waals surface area (Å²) in [7, 11) is 0. The van der Waals surface area contributed by atoms with Crippen molar-refractivity contribution in [3.63, 3.8) is 0 Å². The lowest BCUT2D eigenvalue weighted by Crippen LogP contribution is -2.24. The van der Waals surface area contributed by atoms with Crippen LogP contribution < -0.4 is 15.4 Å². The topological polar surface area (TPSA) is 62.3 Å². The molecular formula is C20H20ClN3O. The number of allylic oxidation sites excluding steroid dienone is 1. The van der Waals surface area contributed by atoms with Crippen molar-refractivity contribution in [3.8, 4) is 11.8 Å². The second-order valence-corrected chi connectivity index (χ2v) is 6.31. The highest BCUT2D eigenvalue weighted by molar-refractivity contribution is 6.30. The van der Waals surface area contributed by atoms with Gasteiger partial charge in [0, 0.05) is 35.4 Å². The van der Waals surface area contributed by atoms with Gasteiger partial charge in [-0.2, -0.15) is 5.26 Å². The minimum atomic E-state index is -0.253. The molecule has 2 N–H and O–H groups in total. The molecular weight excluding hydrogens is 334 g/mol. The molecule has 1 unspecified atom stereocenters. The van der Waals surface area contributed by atoms with Crippen molar-refractivity contribution in [1.29, 1.82) is 5.26 Å². The fourth-order valence-corrected chi connectivity index (χ4v) is 3.35. The maximum absolute atomic E-state index is 9.59. The van der Waals surface area contributed by atoms with Gasteiger partial charge in [-0.1, -0.05) is 29.8 Å². The summed E-state index contributed by atoms with van der Waals surface area (Å²) in [6.45, 7) is 6.04. The zero-order chi connectivity index (χ0) is 18.0. The van der Waals surface area contributed by atoms with Gasteiger partial charge in [-0.15, -0.1) is 0 Å². The molecule has 4 nitrogen and oxygen atoms in total. The van der Waals surface area contributed by atoms with Crippen LogP contribution in [0.2, 0.25) is 5.02 Å². The van der Waals surface area contributed by atoms with Gasteiger partial charge in [-0.25, -0.2) is 0 Å². The summed E-state index contributed by atoms with van der Waals surface area (Å²) in [4.78, 5) is 2.24. The van der Waals surface area contributed by atoms with Gasteiger partial charge in [0.25, 0.3) is 0 Å². The number of anilines is 1. The molecule has 0 aliphatic carbocycles. The predicted octanol–water partition coefficient (Wildman–Crippen LogP) is 4.40. The molecule has 2 aromatic carbocycles. The van der Waals surface area contributed by atoms with Crippen molar-refractivity contribution < 1.29 is 4.74 Å². The third-order valence-corrected chi connectivity index (χ3v) is 4.79. The third kappa shape index (κ3) is 3.16. The molecule has 0 spiro atoms. The van der Waals surface area contributed by atoms with Gasteiger partial charge in [-0.3, -0.25) is 0 Å². The zero-order valence-corrected chi connectivity index (χ0v) is 15.0. The number of nitriles is 1. The molecule has 3 rings (SSSR count). The Morgan fingerprint density at radius 1 is 1.16 bits per heavy atom. The fourth-order valence-electron chi connectivity index (χ4n) is 3.23. The highest BCUT2D eigenvalue weighted by Crippen LogP contribution is 2.43. The molecule has 1 aliphatic rings. The monoisotopic (exact) mass is 353 g/mol. The minimum absolute atomic E-state index is 0.159. The number of hydrogen-bond donors (Lipinski definition) is 1. The maximum Gasteiger partial charge on any atom is 0.205 e. The smallest absolute Gasteiger partial charge is 0.205 e. The van der Waals surface area contributed by atoms with E-state index in [1.54, 1.807) is 0 Å². The van der Waals surface area contributed by atoms with Crippen LogP contribution in [0.1, 0.15) is 30.9 Å². The average Bonchev–Trinajstić information content (AvgIpc) is 2.62. The lowest BCUT2D eigenvalue weighted by Gasteiger charge is -2.29. The van der Waals surface area contributed by atoms with Crippen molar-refractivity contribution in [3.05, 3.63) is 70.1 Å². The Hall–Kier alpha value is -2.64. The van der Waals surface area contributed by atoms with Crippen LogP contribution in [0, 0.1) is 11.3 Å². The summed E-state index contributed by atoms with van der Waals surface area (Å²) in [6, 6.07) is 15.8. The molecule has 25 heavy (non-hydrogen) atoms. The number of nitrogens with zero attached hydrogens (tertiary/aromatic N) is 2. The van der Waals surface area contributed by atoms with Crippen LogP contribution in [-0.4, -0.2) is 13.1 Å². The molecule has 5 heteroatoms. The summed E-state index contributed by atoms with van der Waals surface area (Å²) in [6.07, 6.45) is 0. The molecule has 0 saturated heterocycles. The van der Waals surface area contributed by atoms with Gasteiger partial charge < -0.3 is 15.4 Å². The van der Waals surface area contributed by atoms with Gasteiger partial charge in [0.05, 0.1) is 5.92 Å². The highest BCUT2D eigenvalue weighted by atomic mass is 35.5. The number of halogens is 1. The summed E-state index contributed by atoms with van der Waals surface area (Å²) >= 11 is 6.01. The van der Waals surface area contributed by atoms with E-state index in [0.717, 1.165) is 29.9 Å². The average molecular weight is 354 g/mol. The molecule has 0 amide bonds. The highest BCUT2D eigenvalue weighted by Gasteiger charge is 2.30. The fraction of sp³-hybridized carbons (Fsp3) is 0.250. The van der Waals surface area contributed by atoms with Crippen LogP contribution in [0.5, 0.6) is 5.75 Å². The Kier molecular flexibility index (Phi) is 4.87. The molecule has 2 aromatic rings. The van der Waals surface area contributed by atoms with E-state index < -0.39 is 0 Å². The number of hydrogen-bond acceptors (Lipinski definition) is 4. The molecule has 0 radical (unpaired) electrons. The van der Waals surface area contributed by atoms with Crippen molar-refractivity contribution in [2.75, 3.05) is 18.0 Å². The minimum Gasteiger partial charge on any atom is -0.440 e. The Morgan fingerprint density at radius 2 is 1.84 bits per heavy atom. The number of fused-ring (bicyclic) bond motifs is 1. The van der Waals surface area contributed by atoms with Crippen LogP contribution >= 0.6 is 11.6 Å². The van der Waals surface area contributed by atoms with E-state index in [1.165, 1.54) is 0 Å². The number of nitrogens with two attached hydrogens (primary N) is 1. The first-order valence-electron chi connectivity index (χ1n) is 8.31. The second kappa shape index (κ2) is 7.08. The molecule has 128 valence electrons. The van der Waals surface area contributed by atoms with Crippen molar-refractivity contribution in [2.24, 2.45) is 5.73 Å². The molecule has 0 saturated carbocycles. The Bertz CT molecular complexity index is 848. The van der Waals surface area contributed by atoms with E-state index >= 15 is 0 Å². The van der Waals surface area contributed by atoms with Crippen LogP contribution in [-0.2, 0) is 0 Å². The number of ether oxygens (including phenoxy) is 1. The van der Waals surface area contributed by atoms with Crippen LogP contribution in [0.4, 0.5) is 5.69 Å². The van der Waals surface area contributed by atoms with Gasteiger partial charge >= 0.3 is 0 Å². The SMILES string of the molecule is CCN(CC)c1ccc2c(c1)OC(N)=C(C#N)C2c1ccc(Cl)cc1. The van der Waals surface area contributed by atoms with Crippen molar-refractivity contribution in [1.82, 2.24) is 0 Å². The summed E-state index contributed by atoms with van der Waals surface area (Å²) < 4.78 is 5.77. The Labute approximate surface area is 153 Å². The van der Waals surface area contributed by atoms with Crippen molar-refractivity contribution in [2.45, 2.75) is 19.8 Å². The van der Waals surface area contributed by atoms with E-state index in [4.69, 9.17) is 22.1 Å². The van der Waals surface area contributed by atoms with E-state index in [2.05, 4.69) is 30.9 Å². The van der Waals surface area contributed by atoms with Crippen LogP contribution in [0.3, 0.4) is 0 Å².